The van der Waals surface area contributed by atoms with Gasteiger partial charge in [0.15, 0.2) is 5.17 Å². The van der Waals surface area contributed by atoms with Crippen LogP contribution < -0.4 is 5.32 Å². The zero-order chi connectivity index (χ0) is 11.5. The fraction of sp³-hybridized carbons (Fsp3) is 0.417. The van der Waals surface area contributed by atoms with Crippen LogP contribution in [0.15, 0.2) is 29.3 Å². The van der Waals surface area contributed by atoms with Crippen molar-refractivity contribution in [1.82, 2.24) is 0 Å². The molecule has 16 heavy (non-hydrogen) atoms. The molecule has 0 radical (unpaired) electrons. The fourth-order valence-corrected chi connectivity index (χ4v) is 3.00. The van der Waals surface area contributed by atoms with Crippen LogP contribution in [0.1, 0.15) is 13.8 Å². The van der Waals surface area contributed by atoms with Crippen LogP contribution in [0.3, 0.4) is 0 Å². The molecule has 0 bridgehead atoms. The summed E-state index contributed by atoms with van der Waals surface area (Å²) in [6, 6.07) is 8.85. The number of anilines is 1. The maximum atomic E-state index is 4.67. The minimum atomic E-state index is 0.469. The number of amidine groups is 1. The van der Waals surface area contributed by atoms with Gasteiger partial charge in [0.05, 0.1) is 6.04 Å². The molecule has 0 saturated heterocycles. The molecule has 1 aromatic rings. The van der Waals surface area contributed by atoms with Crippen molar-refractivity contribution in [2.24, 2.45) is 10.9 Å². The third-order valence-corrected chi connectivity index (χ3v) is 4.25. The van der Waals surface area contributed by atoms with E-state index >= 15 is 0 Å². The van der Waals surface area contributed by atoms with E-state index in [-0.39, 0.29) is 0 Å². The van der Waals surface area contributed by atoms with Gasteiger partial charge in [0.25, 0.3) is 0 Å². The number of benzene rings is 1. The number of halogens is 1. The van der Waals surface area contributed by atoms with E-state index in [0.29, 0.717) is 12.0 Å². The molecule has 4 heteroatoms. The maximum absolute atomic E-state index is 4.67. The standard InChI is InChI=1S/C12H15IN2S/c1-8(2)11-7-16-12(15-11)14-10-5-3-9(13)4-6-10/h3-6,8,11H,7H2,1-2H3,(H,14,15). The number of aliphatic imine (C=N–C) groups is 1. The second-order valence-corrected chi connectivity index (χ2v) is 6.44. The van der Waals surface area contributed by atoms with Crippen molar-refractivity contribution < 1.29 is 0 Å². The van der Waals surface area contributed by atoms with Crippen LogP contribution in [0.2, 0.25) is 0 Å². The predicted octanol–water partition coefficient (Wildman–Crippen LogP) is 3.83. The van der Waals surface area contributed by atoms with Crippen molar-refractivity contribution in [2.75, 3.05) is 11.1 Å². The van der Waals surface area contributed by atoms with Crippen LogP contribution in [0, 0.1) is 9.49 Å². The van der Waals surface area contributed by atoms with E-state index < -0.39 is 0 Å². The van der Waals surface area contributed by atoms with E-state index in [0.717, 1.165) is 16.6 Å². The molecular weight excluding hydrogens is 331 g/mol. The van der Waals surface area contributed by atoms with Crippen molar-refractivity contribution in [2.45, 2.75) is 19.9 Å². The summed E-state index contributed by atoms with van der Waals surface area (Å²) in [5, 5.41) is 4.42. The highest BCUT2D eigenvalue weighted by atomic mass is 127. The van der Waals surface area contributed by atoms with E-state index in [1.807, 2.05) is 11.8 Å². The average Bonchev–Trinajstić information content (AvgIpc) is 2.70. The maximum Gasteiger partial charge on any atom is 0.161 e. The van der Waals surface area contributed by atoms with Crippen LogP contribution in [0.25, 0.3) is 0 Å². The zero-order valence-electron chi connectivity index (χ0n) is 9.40. The quantitative estimate of drug-likeness (QED) is 0.823. The Kier molecular flexibility index (Phi) is 4.13. The van der Waals surface area contributed by atoms with Crippen molar-refractivity contribution in [3.63, 3.8) is 0 Å². The topological polar surface area (TPSA) is 24.4 Å². The molecule has 1 aromatic carbocycles. The SMILES string of the molecule is CC(C)C1CSC(Nc2ccc(I)cc2)=N1. The Bertz CT molecular complexity index is 387. The summed E-state index contributed by atoms with van der Waals surface area (Å²) >= 11 is 4.12. The molecule has 2 nitrogen and oxygen atoms in total. The van der Waals surface area contributed by atoms with Crippen molar-refractivity contribution >= 4 is 45.2 Å². The predicted molar refractivity (Wildman–Crippen MR) is 81.3 cm³/mol. The molecule has 1 aliphatic heterocycles. The normalized spacial score (nSPS) is 20.0. The van der Waals surface area contributed by atoms with Crippen LogP contribution in [-0.2, 0) is 0 Å². The molecule has 0 aromatic heterocycles. The summed E-state index contributed by atoms with van der Waals surface area (Å²) in [7, 11) is 0. The lowest BCUT2D eigenvalue weighted by Crippen LogP contribution is -2.12. The van der Waals surface area contributed by atoms with Gasteiger partial charge in [0, 0.05) is 15.0 Å². The van der Waals surface area contributed by atoms with Gasteiger partial charge in [-0.15, -0.1) is 0 Å². The van der Waals surface area contributed by atoms with Crippen LogP contribution in [0.5, 0.6) is 0 Å². The summed E-state index contributed by atoms with van der Waals surface area (Å²) < 4.78 is 1.25. The first-order valence-electron chi connectivity index (χ1n) is 5.38. The van der Waals surface area contributed by atoms with Crippen molar-refractivity contribution in [3.05, 3.63) is 27.8 Å². The molecular formula is C12H15IN2S. The first-order chi connectivity index (χ1) is 7.65. The number of nitrogens with one attached hydrogen (secondary N) is 1. The van der Waals surface area contributed by atoms with Gasteiger partial charge in [-0.1, -0.05) is 25.6 Å². The van der Waals surface area contributed by atoms with Gasteiger partial charge in [-0.25, -0.2) is 0 Å². The minimum absolute atomic E-state index is 0.469. The molecule has 86 valence electrons. The molecule has 0 fully saturated rings. The molecule has 2 rings (SSSR count). The lowest BCUT2D eigenvalue weighted by molar-refractivity contribution is 0.543. The molecule has 0 aliphatic carbocycles. The molecule has 1 atom stereocenters. The second kappa shape index (κ2) is 5.40. The summed E-state index contributed by atoms with van der Waals surface area (Å²) in [5.41, 5.74) is 1.12. The van der Waals surface area contributed by atoms with Gasteiger partial charge in [-0.05, 0) is 52.8 Å². The monoisotopic (exact) mass is 346 g/mol. The Balaban J connectivity index is 2.01. The summed E-state index contributed by atoms with van der Waals surface area (Å²) in [5.74, 6) is 1.73. The van der Waals surface area contributed by atoms with E-state index in [4.69, 9.17) is 0 Å². The Morgan fingerprint density at radius 1 is 1.38 bits per heavy atom. The largest absolute Gasteiger partial charge is 0.335 e. The average molecular weight is 346 g/mol. The lowest BCUT2D eigenvalue weighted by Gasteiger charge is -2.08. The Hall–Kier alpha value is -0.230. The summed E-state index contributed by atoms with van der Waals surface area (Å²) in [4.78, 5) is 4.67. The molecule has 0 spiro atoms. The summed E-state index contributed by atoms with van der Waals surface area (Å²) in [6.45, 7) is 4.45. The van der Waals surface area contributed by atoms with Gasteiger partial charge in [0.2, 0.25) is 0 Å². The Labute approximate surface area is 114 Å². The van der Waals surface area contributed by atoms with Gasteiger partial charge in [-0.3, -0.25) is 4.99 Å². The van der Waals surface area contributed by atoms with Crippen LogP contribution >= 0.6 is 34.4 Å². The molecule has 0 saturated carbocycles. The molecule has 1 unspecified atom stereocenters. The van der Waals surface area contributed by atoms with Crippen LogP contribution in [-0.4, -0.2) is 17.0 Å². The lowest BCUT2D eigenvalue weighted by atomic mass is 10.1. The number of rotatable bonds is 2. The Morgan fingerprint density at radius 3 is 2.62 bits per heavy atom. The molecule has 1 aliphatic rings. The van der Waals surface area contributed by atoms with Gasteiger partial charge >= 0.3 is 0 Å². The first-order valence-corrected chi connectivity index (χ1v) is 7.45. The Morgan fingerprint density at radius 2 is 2.06 bits per heavy atom. The van der Waals surface area contributed by atoms with Gasteiger partial charge < -0.3 is 5.32 Å². The van der Waals surface area contributed by atoms with E-state index in [1.54, 1.807) is 0 Å². The fourth-order valence-electron chi connectivity index (χ4n) is 1.46. The molecule has 1 heterocycles. The highest BCUT2D eigenvalue weighted by molar-refractivity contribution is 14.1. The number of thioether (sulfide) groups is 1. The van der Waals surface area contributed by atoms with E-state index in [9.17, 15) is 0 Å². The first kappa shape index (κ1) is 12.2. The number of nitrogens with zero attached hydrogens (tertiary/aromatic N) is 1. The number of hydrogen-bond acceptors (Lipinski definition) is 3. The molecule has 0 amide bonds. The number of hydrogen-bond donors (Lipinski definition) is 1. The van der Waals surface area contributed by atoms with Gasteiger partial charge in [-0.2, -0.15) is 0 Å². The highest BCUT2D eigenvalue weighted by Crippen LogP contribution is 2.24. The van der Waals surface area contributed by atoms with Crippen molar-refractivity contribution in [3.8, 4) is 0 Å². The van der Waals surface area contributed by atoms with Crippen LogP contribution in [0.4, 0.5) is 5.69 Å². The zero-order valence-corrected chi connectivity index (χ0v) is 12.4. The van der Waals surface area contributed by atoms with E-state index in [1.165, 1.54) is 3.57 Å². The highest BCUT2D eigenvalue weighted by Gasteiger charge is 2.20. The third-order valence-electron chi connectivity index (χ3n) is 2.54. The summed E-state index contributed by atoms with van der Waals surface area (Å²) in [6.07, 6.45) is 0. The third kappa shape index (κ3) is 3.13. The van der Waals surface area contributed by atoms with Crippen molar-refractivity contribution in [1.29, 1.82) is 0 Å². The minimum Gasteiger partial charge on any atom is -0.335 e. The molecule has 1 N–H and O–H groups in total. The second-order valence-electron chi connectivity index (χ2n) is 4.19. The smallest absolute Gasteiger partial charge is 0.161 e. The van der Waals surface area contributed by atoms with E-state index in [2.05, 4.69) is 71.0 Å². The van der Waals surface area contributed by atoms with Gasteiger partial charge in [0.1, 0.15) is 0 Å².